The van der Waals surface area contributed by atoms with Crippen LogP contribution >= 0.6 is 0 Å². The molecule has 0 N–H and O–H groups in total. The van der Waals surface area contributed by atoms with Gasteiger partial charge in [-0.2, -0.15) is 9.50 Å². The Morgan fingerprint density at radius 3 is 2.41 bits per heavy atom. The minimum Gasteiger partial charge on any atom is -0.353 e. The number of aromatic nitrogens is 5. The predicted molar refractivity (Wildman–Crippen MR) is 114 cm³/mol. The number of hydrogen-bond donors (Lipinski definition) is 0. The third kappa shape index (κ3) is 3.40. The minimum absolute atomic E-state index is 0.642. The molecular weight excluding hydrogens is 362 g/mol. The average Bonchev–Trinajstić information content (AvgIpc) is 3.18. The van der Waals surface area contributed by atoms with Gasteiger partial charge in [0.05, 0.1) is 0 Å². The summed E-state index contributed by atoms with van der Waals surface area (Å²) in [5.74, 6) is 3.43. The Balaban J connectivity index is 1.46. The molecule has 0 unspecified atom stereocenters. The van der Waals surface area contributed by atoms with Gasteiger partial charge in [-0.3, -0.25) is 0 Å². The predicted octanol–water partition coefficient (Wildman–Crippen LogP) is 3.13. The topological polar surface area (TPSA) is 62.5 Å². The van der Waals surface area contributed by atoms with Crippen LogP contribution in [0, 0.1) is 13.8 Å². The van der Waals surface area contributed by atoms with E-state index >= 15 is 0 Å². The number of hydrogen-bond acceptors (Lipinski definition) is 6. The summed E-state index contributed by atoms with van der Waals surface area (Å²) in [6.45, 7) is 7.71. The molecule has 0 radical (unpaired) electrons. The lowest BCUT2D eigenvalue weighted by Gasteiger charge is -2.36. The third-order valence-corrected chi connectivity index (χ3v) is 5.27. The Hall–Kier alpha value is -3.48. The lowest BCUT2D eigenvalue weighted by atomic mass is 10.1. The molecule has 7 nitrogen and oxygen atoms in total. The van der Waals surface area contributed by atoms with Crippen molar-refractivity contribution < 1.29 is 0 Å². The molecule has 4 heterocycles. The van der Waals surface area contributed by atoms with Crippen LogP contribution in [-0.4, -0.2) is 50.7 Å². The van der Waals surface area contributed by atoms with Gasteiger partial charge in [0.1, 0.15) is 11.6 Å². The van der Waals surface area contributed by atoms with E-state index in [1.54, 1.807) is 0 Å². The molecule has 0 bridgehead atoms. The summed E-state index contributed by atoms with van der Waals surface area (Å²) in [7, 11) is 0. The molecule has 0 saturated carbocycles. The number of aryl methyl sites for hydroxylation is 2. The van der Waals surface area contributed by atoms with Crippen LogP contribution in [0.1, 0.15) is 11.3 Å². The van der Waals surface area contributed by atoms with Crippen LogP contribution in [0.3, 0.4) is 0 Å². The van der Waals surface area contributed by atoms with Gasteiger partial charge in [0.2, 0.25) is 0 Å². The van der Waals surface area contributed by atoms with Gasteiger partial charge in [-0.05, 0) is 32.0 Å². The molecule has 1 saturated heterocycles. The second-order valence-electron chi connectivity index (χ2n) is 7.43. The van der Waals surface area contributed by atoms with Crippen molar-refractivity contribution in [3.05, 3.63) is 66.0 Å². The molecule has 0 aliphatic carbocycles. The molecule has 0 atom stereocenters. The van der Waals surface area contributed by atoms with Crippen molar-refractivity contribution in [2.24, 2.45) is 0 Å². The highest BCUT2D eigenvalue weighted by Crippen LogP contribution is 2.23. The van der Waals surface area contributed by atoms with Gasteiger partial charge in [-0.25, -0.2) is 9.97 Å². The molecule has 0 spiro atoms. The summed E-state index contributed by atoms with van der Waals surface area (Å²) >= 11 is 0. The van der Waals surface area contributed by atoms with Crippen LogP contribution in [0.2, 0.25) is 0 Å². The van der Waals surface area contributed by atoms with E-state index in [9.17, 15) is 0 Å². The SMILES string of the molecule is Cc1cccc(-c2nc3nc(C)cc(N4CCN(c5ccccn5)CC4)n3n2)c1. The monoisotopic (exact) mass is 385 g/mol. The van der Waals surface area contributed by atoms with Crippen molar-refractivity contribution in [1.82, 2.24) is 24.6 Å². The molecule has 0 amide bonds. The van der Waals surface area contributed by atoms with Gasteiger partial charge in [0.15, 0.2) is 5.82 Å². The molecule has 1 aromatic carbocycles. The highest BCUT2D eigenvalue weighted by Gasteiger charge is 2.22. The highest BCUT2D eigenvalue weighted by atomic mass is 15.4. The Kier molecular flexibility index (Phi) is 4.35. The van der Waals surface area contributed by atoms with Crippen LogP contribution in [-0.2, 0) is 0 Å². The first kappa shape index (κ1) is 17.6. The van der Waals surface area contributed by atoms with Crippen LogP contribution in [0.15, 0.2) is 54.7 Å². The van der Waals surface area contributed by atoms with E-state index < -0.39 is 0 Å². The number of benzene rings is 1. The third-order valence-electron chi connectivity index (χ3n) is 5.27. The van der Waals surface area contributed by atoms with Crippen molar-refractivity contribution in [1.29, 1.82) is 0 Å². The van der Waals surface area contributed by atoms with Crippen LogP contribution in [0.5, 0.6) is 0 Å². The van der Waals surface area contributed by atoms with Crippen molar-refractivity contribution >= 4 is 17.4 Å². The van der Waals surface area contributed by atoms with E-state index in [2.05, 4.69) is 51.0 Å². The number of pyridine rings is 1. The molecule has 1 fully saturated rings. The Morgan fingerprint density at radius 1 is 0.828 bits per heavy atom. The molecule has 29 heavy (non-hydrogen) atoms. The fraction of sp³-hybridized carbons (Fsp3) is 0.273. The average molecular weight is 385 g/mol. The maximum atomic E-state index is 4.79. The van der Waals surface area contributed by atoms with Gasteiger partial charge >= 0.3 is 0 Å². The minimum atomic E-state index is 0.642. The molecule has 4 aromatic rings. The van der Waals surface area contributed by atoms with Crippen molar-refractivity contribution in [2.45, 2.75) is 13.8 Å². The van der Waals surface area contributed by atoms with E-state index in [1.807, 2.05) is 41.9 Å². The summed E-state index contributed by atoms with van der Waals surface area (Å²) in [4.78, 5) is 18.5. The van der Waals surface area contributed by atoms with Crippen molar-refractivity contribution in [3.63, 3.8) is 0 Å². The van der Waals surface area contributed by atoms with Crippen LogP contribution in [0.25, 0.3) is 17.2 Å². The number of nitrogens with zero attached hydrogens (tertiary/aromatic N) is 7. The zero-order valence-electron chi connectivity index (χ0n) is 16.7. The molecule has 3 aromatic heterocycles. The van der Waals surface area contributed by atoms with E-state index in [0.717, 1.165) is 49.1 Å². The standard InChI is InChI=1S/C22H23N7/c1-16-6-5-7-18(14-16)21-25-22-24-17(2)15-20(29(22)26-21)28-12-10-27(11-13-28)19-8-3-4-9-23-19/h3-9,14-15H,10-13H2,1-2H3. The van der Waals surface area contributed by atoms with Crippen LogP contribution in [0.4, 0.5) is 11.6 Å². The van der Waals surface area contributed by atoms with Crippen LogP contribution < -0.4 is 9.80 Å². The van der Waals surface area contributed by atoms with E-state index in [1.165, 1.54) is 5.56 Å². The summed E-state index contributed by atoms with van der Waals surface area (Å²) in [5, 5.41) is 4.79. The zero-order valence-corrected chi connectivity index (χ0v) is 16.7. The first-order chi connectivity index (χ1) is 14.2. The molecule has 1 aliphatic rings. The fourth-order valence-corrected chi connectivity index (χ4v) is 3.81. The maximum absolute atomic E-state index is 4.79. The number of fused-ring (bicyclic) bond motifs is 1. The largest absolute Gasteiger partial charge is 0.353 e. The second-order valence-corrected chi connectivity index (χ2v) is 7.43. The Labute approximate surface area is 169 Å². The number of rotatable bonds is 3. The van der Waals surface area contributed by atoms with E-state index in [4.69, 9.17) is 10.1 Å². The lowest BCUT2D eigenvalue weighted by Crippen LogP contribution is -2.47. The van der Waals surface area contributed by atoms with Crippen molar-refractivity contribution in [3.8, 4) is 11.4 Å². The first-order valence-corrected chi connectivity index (χ1v) is 9.90. The Bertz CT molecular complexity index is 1140. The van der Waals surface area contributed by atoms with E-state index in [0.29, 0.717) is 11.6 Å². The lowest BCUT2D eigenvalue weighted by molar-refractivity contribution is 0.633. The Morgan fingerprint density at radius 2 is 1.66 bits per heavy atom. The number of anilines is 2. The normalized spacial score (nSPS) is 14.6. The molecule has 7 heteroatoms. The fourth-order valence-electron chi connectivity index (χ4n) is 3.81. The summed E-state index contributed by atoms with van der Waals surface area (Å²) < 4.78 is 1.88. The van der Waals surface area contributed by atoms with Gasteiger partial charge in [-0.1, -0.05) is 29.8 Å². The maximum Gasteiger partial charge on any atom is 0.254 e. The summed E-state index contributed by atoms with van der Waals surface area (Å²) in [6, 6.07) is 16.4. The quantitative estimate of drug-likeness (QED) is 0.540. The molecular formula is C22H23N7. The summed E-state index contributed by atoms with van der Waals surface area (Å²) in [6.07, 6.45) is 1.85. The first-order valence-electron chi connectivity index (χ1n) is 9.90. The highest BCUT2D eigenvalue weighted by molar-refractivity contribution is 5.60. The van der Waals surface area contributed by atoms with Gasteiger partial charge in [-0.15, -0.1) is 5.10 Å². The molecule has 5 rings (SSSR count). The summed E-state index contributed by atoms with van der Waals surface area (Å²) in [5.41, 5.74) is 3.15. The van der Waals surface area contributed by atoms with Gasteiger partial charge in [0, 0.05) is 49.7 Å². The second kappa shape index (κ2) is 7.16. The smallest absolute Gasteiger partial charge is 0.254 e. The number of piperazine rings is 1. The van der Waals surface area contributed by atoms with Gasteiger partial charge < -0.3 is 9.80 Å². The van der Waals surface area contributed by atoms with Crippen molar-refractivity contribution in [2.75, 3.05) is 36.0 Å². The molecule has 1 aliphatic heterocycles. The molecule has 146 valence electrons. The van der Waals surface area contributed by atoms with E-state index in [-0.39, 0.29) is 0 Å². The zero-order chi connectivity index (χ0) is 19.8. The van der Waals surface area contributed by atoms with Gasteiger partial charge in [0.25, 0.3) is 5.78 Å².